The van der Waals surface area contributed by atoms with Gasteiger partial charge in [0.15, 0.2) is 6.10 Å². The molecule has 4 nitrogen and oxygen atoms in total. The monoisotopic (exact) mass is 327 g/mol. The molecule has 0 aromatic heterocycles. The lowest BCUT2D eigenvalue weighted by Crippen LogP contribution is -2.32. The maximum absolute atomic E-state index is 12.6. The second kappa shape index (κ2) is 7.86. The maximum Gasteiger partial charge on any atom is 0.265 e. The molecule has 4 heteroatoms. The van der Waals surface area contributed by atoms with E-state index >= 15 is 0 Å². The Hall–Kier alpha value is -2.49. The summed E-state index contributed by atoms with van der Waals surface area (Å²) in [6.45, 7) is 7.93. The van der Waals surface area contributed by atoms with Crippen LogP contribution in [0.3, 0.4) is 0 Å². The number of rotatable bonds is 6. The molecule has 128 valence electrons. The third-order valence-electron chi connectivity index (χ3n) is 4.10. The van der Waals surface area contributed by atoms with Crippen molar-refractivity contribution in [2.75, 3.05) is 12.4 Å². The molecule has 0 aliphatic heterocycles. The molecule has 0 bridgehead atoms. The van der Waals surface area contributed by atoms with Gasteiger partial charge in [0, 0.05) is 0 Å². The van der Waals surface area contributed by atoms with Crippen molar-refractivity contribution < 1.29 is 14.3 Å². The molecule has 0 aliphatic rings. The minimum Gasteiger partial charge on any atom is -0.495 e. The summed E-state index contributed by atoms with van der Waals surface area (Å²) in [6.07, 6.45) is 0.0172. The van der Waals surface area contributed by atoms with E-state index in [1.54, 1.807) is 7.11 Å². The number of anilines is 1. The number of benzene rings is 2. The number of hydrogen-bond acceptors (Lipinski definition) is 3. The van der Waals surface area contributed by atoms with E-state index in [0.29, 0.717) is 17.9 Å². The highest BCUT2D eigenvalue weighted by Gasteiger charge is 2.21. The fourth-order valence-corrected chi connectivity index (χ4v) is 2.46. The standard InChI is InChI=1S/C20H25NO3/c1-6-17(24-18-9-7-8-14(3)15(18)4)20(22)21-16-12-13(2)10-11-19(16)23-5/h7-12,17H,6H2,1-5H3,(H,21,22)/t17-/m0/s1. The summed E-state index contributed by atoms with van der Waals surface area (Å²) < 4.78 is 11.3. The molecule has 1 atom stereocenters. The summed E-state index contributed by atoms with van der Waals surface area (Å²) in [4.78, 5) is 12.6. The number of amides is 1. The summed E-state index contributed by atoms with van der Waals surface area (Å²) in [6, 6.07) is 11.5. The highest BCUT2D eigenvalue weighted by molar-refractivity contribution is 5.95. The second-order valence-corrected chi connectivity index (χ2v) is 5.91. The zero-order valence-corrected chi connectivity index (χ0v) is 15.0. The van der Waals surface area contributed by atoms with Crippen molar-refractivity contribution in [1.29, 1.82) is 0 Å². The summed E-state index contributed by atoms with van der Waals surface area (Å²) in [7, 11) is 1.59. The molecule has 0 unspecified atom stereocenters. The molecule has 1 N–H and O–H groups in total. The molecular weight excluding hydrogens is 302 g/mol. The molecule has 1 amide bonds. The molecular formula is C20H25NO3. The Labute approximate surface area is 143 Å². The Kier molecular flexibility index (Phi) is 5.85. The van der Waals surface area contributed by atoms with E-state index in [1.165, 1.54) is 0 Å². The van der Waals surface area contributed by atoms with Crippen molar-refractivity contribution in [2.24, 2.45) is 0 Å². The van der Waals surface area contributed by atoms with Gasteiger partial charge < -0.3 is 14.8 Å². The molecule has 2 aromatic carbocycles. The van der Waals surface area contributed by atoms with E-state index in [0.717, 1.165) is 22.4 Å². The van der Waals surface area contributed by atoms with Gasteiger partial charge in [-0.2, -0.15) is 0 Å². The molecule has 2 aromatic rings. The van der Waals surface area contributed by atoms with E-state index < -0.39 is 6.10 Å². The third-order valence-corrected chi connectivity index (χ3v) is 4.10. The van der Waals surface area contributed by atoms with Gasteiger partial charge in [-0.1, -0.05) is 25.1 Å². The zero-order chi connectivity index (χ0) is 17.7. The average molecular weight is 327 g/mol. The van der Waals surface area contributed by atoms with Crippen LogP contribution in [0.5, 0.6) is 11.5 Å². The van der Waals surface area contributed by atoms with Crippen molar-refractivity contribution in [1.82, 2.24) is 0 Å². The Bertz CT molecular complexity index is 725. The number of nitrogens with one attached hydrogen (secondary N) is 1. The van der Waals surface area contributed by atoms with Crippen LogP contribution in [0.25, 0.3) is 0 Å². The van der Waals surface area contributed by atoms with Gasteiger partial charge in [0.05, 0.1) is 12.8 Å². The average Bonchev–Trinajstić information content (AvgIpc) is 2.56. The highest BCUT2D eigenvalue weighted by Crippen LogP contribution is 2.27. The third kappa shape index (κ3) is 4.07. The van der Waals surface area contributed by atoms with Crippen LogP contribution in [0.4, 0.5) is 5.69 Å². The maximum atomic E-state index is 12.6. The number of carbonyl (C=O) groups is 1. The van der Waals surface area contributed by atoms with Crippen molar-refractivity contribution in [3.05, 3.63) is 53.1 Å². The zero-order valence-electron chi connectivity index (χ0n) is 15.0. The number of aryl methyl sites for hydroxylation is 2. The topological polar surface area (TPSA) is 47.6 Å². The van der Waals surface area contributed by atoms with Crippen molar-refractivity contribution in [3.8, 4) is 11.5 Å². The minimum atomic E-state index is -0.560. The normalized spacial score (nSPS) is 11.7. The lowest BCUT2D eigenvalue weighted by molar-refractivity contribution is -0.122. The molecule has 0 aliphatic carbocycles. The second-order valence-electron chi connectivity index (χ2n) is 5.91. The number of methoxy groups -OCH3 is 1. The number of ether oxygens (including phenoxy) is 2. The SMILES string of the molecule is CC[C@H](Oc1cccc(C)c1C)C(=O)Nc1cc(C)ccc1OC. The van der Waals surface area contributed by atoms with Gasteiger partial charge in [-0.15, -0.1) is 0 Å². The number of hydrogen-bond donors (Lipinski definition) is 1. The van der Waals surface area contributed by atoms with Crippen LogP contribution in [-0.2, 0) is 4.79 Å². The summed E-state index contributed by atoms with van der Waals surface area (Å²) >= 11 is 0. The van der Waals surface area contributed by atoms with Crippen molar-refractivity contribution in [3.63, 3.8) is 0 Å². The molecule has 24 heavy (non-hydrogen) atoms. The van der Waals surface area contributed by atoms with Gasteiger partial charge >= 0.3 is 0 Å². The highest BCUT2D eigenvalue weighted by atomic mass is 16.5. The summed E-state index contributed by atoms with van der Waals surface area (Å²) in [5, 5.41) is 2.92. The Morgan fingerprint density at radius 3 is 2.54 bits per heavy atom. The van der Waals surface area contributed by atoms with Crippen LogP contribution in [-0.4, -0.2) is 19.1 Å². The predicted molar refractivity (Wildman–Crippen MR) is 97.0 cm³/mol. The quantitative estimate of drug-likeness (QED) is 0.854. The van der Waals surface area contributed by atoms with Gasteiger partial charge in [-0.05, 0) is 62.1 Å². The smallest absolute Gasteiger partial charge is 0.265 e. The van der Waals surface area contributed by atoms with Crippen LogP contribution in [0.2, 0.25) is 0 Å². The van der Waals surface area contributed by atoms with E-state index in [1.807, 2.05) is 64.1 Å². The van der Waals surface area contributed by atoms with Crippen LogP contribution < -0.4 is 14.8 Å². The first-order chi connectivity index (χ1) is 11.5. The van der Waals surface area contributed by atoms with Gasteiger partial charge in [0.2, 0.25) is 0 Å². The molecule has 0 radical (unpaired) electrons. The van der Waals surface area contributed by atoms with Crippen LogP contribution in [0, 0.1) is 20.8 Å². The Morgan fingerprint density at radius 1 is 1.12 bits per heavy atom. The van der Waals surface area contributed by atoms with Crippen LogP contribution in [0.1, 0.15) is 30.0 Å². The summed E-state index contributed by atoms with van der Waals surface area (Å²) in [5.74, 6) is 1.20. The first-order valence-electron chi connectivity index (χ1n) is 8.14. The van der Waals surface area contributed by atoms with Crippen molar-refractivity contribution >= 4 is 11.6 Å². The van der Waals surface area contributed by atoms with Gasteiger partial charge in [-0.3, -0.25) is 4.79 Å². The van der Waals surface area contributed by atoms with Gasteiger partial charge in [0.25, 0.3) is 5.91 Å². The van der Waals surface area contributed by atoms with E-state index in [-0.39, 0.29) is 5.91 Å². The Balaban J connectivity index is 2.17. The molecule has 0 fully saturated rings. The number of carbonyl (C=O) groups excluding carboxylic acids is 1. The van der Waals surface area contributed by atoms with Crippen LogP contribution in [0.15, 0.2) is 36.4 Å². The largest absolute Gasteiger partial charge is 0.495 e. The Morgan fingerprint density at radius 2 is 1.88 bits per heavy atom. The lowest BCUT2D eigenvalue weighted by Gasteiger charge is -2.20. The fraction of sp³-hybridized carbons (Fsp3) is 0.350. The fourth-order valence-electron chi connectivity index (χ4n) is 2.46. The first kappa shape index (κ1) is 17.9. The molecule has 0 spiro atoms. The van der Waals surface area contributed by atoms with Crippen molar-refractivity contribution in [2.45, 2.75) is 40.2 Å². The van der Waals surface area contributed by atoms with Gasteiger partial charge in [-0.25, -0.2) is 0 Å². The molecule has 0 saturated heterocycles. The molecule has 0 saturated carbocycles. The van der Waals surface area contributed by atoms with E-state index in [4.69, 9.17) is 9.47 Å². The molecule has 0 heterocycles. The van der Waals surface area contributed by atoms with Crippen LogP contribution >= 0.6 is 0 Å². The lowest BCUT2D eigenvalue weighted by atomic mass is 10.1. The predicted octanol–water partition coefficient (Wildman–Crippen LogP) is 4.42. The first-order valence-corrected chi connectivity index (χ1v) is 8.14. The molecule has 2 rings (SSSR count). The van der Waals surface area contributed by atoms with Gasteiger partial charge in [0.1, 0.15) is 11.5 Å². The summed E-state index contributed by atoms with van der Waals surface area (Å²) in [5.41, 5.74) is 3.90. The van der Waals surface area contributed by atoms with E-state index in [2.05, 4.69) is 5.32 Å². The van der Waals surface area contributed by atoms with E-state index in [9.17, 15) is 4.79 Å². The minimum absolute atomic E-state index is 0.178.